The van der Waals surface area contributed by atoms with Crippen LogP contribution in [-0.2, 0) is 13.5 Å². The van der Waals surface area contributed by atoms with Crippen molar-refractivity contribution in [2.45, 2.75) is 19.8 Å². The van der Waals surface area contributed by atoms with Crippen molar-refractivity contribution in [2.24, 2.45) is 18.0 Å². The van der Waals surface area contributed by atoms with Crippen LogP contribution in [0.3, 0.4) is 0 Å². The molecule has 0 saturated carbocycles. The lowest BCUT2D eigenvalue weighted by atomic mass is 9.96. The minimum absolute atomic E-state index is 0.678. The van der Waals surface area contributed by atoms with Crippen molar-refractivity contribution in [2.75, 3.05) is 13.1 Å². The van der Waals surface area contributed by atoms with Gasteiger partial charge in [-0.2, -0.15) is 5.10 Å². The van der Waals surface area contributed by atoms with Gasteiger partial charge in [0.05, 0.1) is 11.9 Å². The summed E-state index contributed by atoms with van der Waals surface area (Å²) in [5, 5.41) is 12.8. The zero-order valence-corrected chi connectivity index (χ0v) is 20.0. The molecule has 0 bridgehead atoms. The second kappa shape index (κ2) is 10.6. The topological polar surface area (TPSA) is 67.1 Å². The Morgan fingerprint density at radius 1 is 1.39 bits per heavy atom. The van der Waals surface area contributed by atoms with E-state index >= 15 is 0 Å². The molecule has 170 valence electrons. The lowest BCUT2D eigenvalue weighted by Crippen LogP contribution is -2.43. The number of aromatic nitrogens is 3. The fraction of sp³-hybridized carbons (Fsp3) is 0.269. The van der Waals surface area contributed by atoms with Crippen LogP contribution in [0, 0.1) is 12.8 Å². The molecule has 0 aromatic carbocycles. The highest BCUT2D eigenvalue weighted by atomic mass is 32.1. The standard InChI is InChI=1S/C26H30N6S/c1-4-21(24-16-30-32(3)18(24)2)7-5-19-6-8-26(29-15-19)31-25(17-33)22-9-10-28-23(12-22)11-20-13-27-14-20/h4-5,7-10,12,15-17,20,27,31,33H,1,6,11,13-14H2,2-3H3/b19-5+,21-7+,25-17-. The van der Waals surface area contributed by atoms with Crippen molar-refractivity contribution in [1.82, 2.24) is 25.4 Å². The van der Waals surface area contributed by atoms with Crippen LogP contribution in [-0.4, -0.2) is 34.1 Å². The number of aliphatic imine (C=N–C) groups is 1. The molecule has 2 N–H and O–H groups in total. The van der Waals surface area contributed by atoms with Crippen LogP contribution in [0.4, 0.5) is 0 Å². The monoisotopic (exact) mass is 458 g/mol. The van der Waals surface area contributed by atoms with Crippen LogP contribution >= 0.6 is 12.6 Å². The summed E-state index contributed by atoms with van der Waals surface area (Å²) in [5.74, 6) is 1.49. The smallest absolute Gasteiger partial charge is 0.126 e. The molecule has 0 amide bonds. The van der Waals surface area contributed by atoms with Crippen LogP contribution in [0.25, 0.3) is 11.3 Å². The summed E-state index contributed by atoms with van der Waals surface area (Å²) in [4.78, 5) is 9.13. The van der Waals surface area contributed by atoms with Gasteiger partial charge in [0, 0.05) is 42.0 Å². The fourth-order valence-corrected chi connectivity index (χ4v) is 3.99. The number of aryl methyl sites for hydroxylation is 1. The molecule has 1 saturated heterocycles. The van der Waals surface area contributed by atoms with E-state index in [1.165, 1.54) is 0 Å². The van der Waals surface area contributed by atoms with Crippen molar-refractivity contribution in [3.63, 3.8) is 0 Å². The summed E-state index contributed by atoms with van der Waals surface area (Å²) in [7, 11) is 1.94. The summed E-state index contributed by atoms with van der Waals surface area (Å²) < 4.78 is 1.87. The predicted octanol–water partition coefficient (Wildman–Crippen LogP) is 4.22. The molecule has 6 nitrogen and oxygen atoms in total. The van der Waals surface area contributed by atoms with Gasteiger partial charge in [0.2, 0.25) is 0 Å². The molecule has 1 fully saturated rings. The Balaban J connectivity index is 1.41. The number of rotatable bonds is 8. The Kier molecular flexibility index (Phi) is 7.42. The summed E-state index contributed by atoms with van der Waals surface area (Å²) in [6.45, 7) is 8.15. The zero-order chi connectivity index (χ0) is 23.2. The summed E-state index contributed by atoms with van der Waals surface area (Å²) in [6, 6.07) is 4.13. The van der Waals surface area contributed by atoms with E-state index in [4.69, 9.17) is 0 Å². The van der Waals surface area contributed by atoms with E-state index in [0.29, 0.717) is 5.92 Å². The van der Waals surface area contributed by atoms with E-state index in [1.807, 2.05) is 42.5 Å². The minimum atomic E-state index is 0.678. The van der Waals surface area contributed by atoms with E-state index < -0.39 is 0 Å². The SMILES string of the molecule is C=C/C(=C\C=C1\C=NC(N/C(=C\S)c2ccnc(CC3CNC3)c2)=CC1)c1cnn(C)c1C. The predicted molar refractivity (Wildman–Crippen MR) is 140 cm³/mol. The van der Waals surface area contributed by atoms with Crippen molar-refractivity contribution >= 4 is 30.1 Å². The molecular formula is C26H30N6S. The maximum atomic E-state index is 4.60. The molecule has 0 aliphatic carbocycles. The zero-order valence-electron chi connectivity index (χ0n) is 19.1. The molecule has 0 unspecified atom stereocenters. The van der Waals surface area contributed by atoms with E-state index in [2.05, 4.69) is 76.1 Å². The first-order valence-electron chi connectivity index (χ1n) is 11.1. The Bertz CT molecular complexity index is 1180. The number of thiol groups is 1. The number of hydrogen-bond donors (Lipinski definition) is 3. The van der Waals surface area contributed by atoms with E-state index in [-0.39, 0.29) is 0 Å². The first-order valence-corrected chi connectivity index (χ1v) is 11.6. The average Bonchev–Trinajstić information content (AvgIpc) is 3.14. The third-order valence-electron chi connectivity index (χ3n) is 6.03. The van der Waals surface area contributed by atoms with Crippen LogP contribution < -0.4 is 10.6 Å². The molecule has 7 heteroatoms. The largest absolute Gasteiger partial charge is 0.340 e. The summed E-state index contributed by atoms with van der Waals surface area (Å²) >= 11 is 4.42. The van der Waals surface area contributed by atoms with E-state index in [1.54, 1.807) is 5.41 Å². The van der Waals surface area contributed by atoms with Gasteiger partial charge < -0.3 is 10.6 Å². The fourth-order valence-electron chi connectivity index (χ4n) is 3.78. The quantitative estimate of drug-likeness (QED) is 0.409. The van der Waals surface area contributed by atoms with Crippen LogP contribution in [0.2, 0.25) is 0 Å². The lowest BCUT2D eigenvalue weighted by molar-refractivity contribution is 0.344. The Morgan fingerprint density at radius 3 is 2.85 bits per heavy atom. The molecule has 0 spiro atoms. The van der Waals surface area contributed by atoms with Gasteiger partial charge in [-0.05, 0) is 73.5 Å². The summed E-state index contributed by atoms with van der Waals surface area (Å²) in [6.07, 6.45) is 15.5. The molecule has 0 radical (unpaired) electrons. The van der Waals surface area contributed by atoms with Gasteiger partial charge in [-0.3, -0.25) is 9.67 Å². The maximum Gasteiger partial charge on any atom is 0.126 e. The van der Waals surface area contributed by atoms with E-state index in [9.17, 15) is 0 Å². The van der Waals surface area contributed by atoms with Crippen molar-refractivity contribution < 1.29 is 0 Å². The first kappa shape index (κ1) is 23.0. The number of hydrogen-bond acceptors (Lipinski definition) is 6. The third-order valence-corrected chi connectivity index (χ3v) is 6.29. The van der Waals surface area contributed by atoms with Gasteiger partial charge in [0.1, 0.15) is 5.82 Å². The van der Waals surface area contributed by atoms with Crippen LogP contribution in [0.5, 0.6) is 0 Å². The molecule has 2 aromatic rings. The van der Waals surface area contributed by atoms with Crippen LogP contribution in [0.15, 0.2) is 77.2 Å². The van der Waals surface area contributed by atoms with Crippen molar-refractivity contribution in [3.8, 4) is 0 Å². The molecule has 2 aliphatic rings. The van der Waals surface area contributed by atoms with Gasteiger partial charge in [0.15, 0.2) is 0 Å². The molecule has 2 aliphatic heterocycles. The Hall–Kier alpha value is -3.16. The lowest BCUT2D eigenvalue weighted by Gasteiger charge is -2.26. The van der Waals surface area contributed by atoms with Crippen LogP contribution in [0.1, 0.15) is 28.9 Å². The minimum Gasteiger partial charge on any atom is -0.340 e. The number of nitrogens with one attached hydrogen (secondary N) is 2. The molecule has 2 aromatic heterocycles. The normalized spacial score (nSPS) is 18.3. The molecule has 0 atom stereocenters. The summed E-state index contributed by atoms with van der Waals surface area (Å²) in [5.41, 5.74) is 7.44. The van der Waals surface area contributed by atoms with Gasteiger partial charge in [-0.25, -0.2) is 4.99 Å². The maximum absolute atomic E-state index is 4.60. The Morgan fingerprint density at radius 2 is 2.24 bits per heavy atom. The van der Waals surface area contributed by atoms with Gasteiger partial charge in [0.25, 0.3) is 0 Å². The van der Waals surface area contributed by atoms with E-state index in [0.717, 1.165) is 71.1 Å². The second-order valence-electron chi connectivity index (χ2n) is 8.32. The number of allylic oxidation sites excluding steroid dienone is 6. The van der Waals surface area contributed by atoms with Gasteiger partial charge in [-0.15, -0.1) is 12.6 Å². The van der Waals surface area contributed by atoms with Gasteiger partial charge >= 0.3 is 0 Å². The third kappa shape index (κ3) is 5.61. The number of pyridine rings is 1. The van der Waals surface area contributed by atoms with Crippen molar-refractivity contribution in [3.05, 3.63) is 94.7 Å². The molecule has 4 heterocycles. The second-order valence-corrected chi connectivity index (χ2v) is 8.58. The molecular weight excluding hydrogens is 428 g/mol. The molecule has 33 heavy (non-hydrogen) atoms. The highest BCUT2D eigenvalue weighted by molar-refractivity contribution is 7.83. The molecule has 4 rings (SSSR count). The highest BCUT2D eigenvalue weighted by Gasteiger charge is 2.18. The Labute approximate surface area is 201 Å². The number of nitrogens with zero attached hydrogens (tertiary/aromatic N) is 4. The average molecular weight is 459 g/mol. The van der Waals surface area contributed by atoms with Crippen molar-refractivity contribution in [1.29, 1.82) is 0 Å². The first-order chi connectivity index (χ1) is 16.1. The van der Waals surface area contributed by atoms with Gasteiger partial charge in [-0.1, -0.05) is 24.8 Å². The highest BCUT2D eigenvalue weighted by Crippen LogP contribution is 2.22.